The molecule has 4 rings (SSSR count). The molecule has 2 heterocycles. The van der Waals surface area contributed by atoms with E-state index in [1.165, 1.54) is 12.1 Å². The Balaban J connectivity index is 1.39. The number of hydrogen-bond donors (Lipinski definition) is 1. The van der Waals surface area contributed by atoms with Crippen LogP contribution in [-0.4, -0.2) is 34.4 Å². The van der Waals surface area contributed by atoms with Crippen molar-refractivity contribution in [3.05, 3.63) is 41.8 Å². The van der Waals surface area contributed by atoms with E-state index in [2.05, 4.69) is 10.1 Å². The fourth-order valence-electron chi connectivity index (χ4n) is 4.18. The maximum Gasteiger partial charge on any atom is 0.167 e. The van der Waals surface area contributed by atoms with Crippen molar-refractivity contribution in [3.8, 4) is 11.3 Å². The molecule has 0 bridgehead atoms. The van der Waals surface area contributed by atoms with Gasteiger partial charge in [-0.05, 0) is 68.3 Å². The smallest absolute Gasteiger partial charge is 0.167 e. The van der Waals surface area contributed by atoms with Gasteiger partial charge in [-0.1, -0.05) is 5.16 Å². The van der Waals surface area contributed by atoms with Gasteiger partial charge in [-0.3, -0.25) is 4.90 Å². The fraction of sp³-hybridized carbons (Fsp3) is 0.526. The van der Waals surface area contributed by atoms with E-state index in [1.807, 2.05) is 6.07 Å². The summed E-state index contributed by atoms with van der Waals surface area (Å²) in [7, 11) is 0. The molecule has 1 aliphatic carbocycles. The van der Waals surface area contributed by atoms with Crippen LogP contribution in [0.3, 0.4) is 0 Å². The quantitative estimate of drug-likeness (QED) is 0.936. The maximum absolute atomic E-state index is 13.0. The number of piperidine rings is 1. The van der Waals surface area contributed by atoms with Crippen molar-refractivity contribution in [2.24, 2.45) is 11.8 Å². The minimum absolute atomic E-state index is 0.0911. The molecule has 3 atom stereocenters. The highest BCUT2D eigenvalue weighted by atomic mass is 19.1. The molecule has 3 unspecified atom stereocenters. The van der Waals surface area contributed by atoms with Gasteiger partial charge in [-0.2, -0.15) is 0 Å². The molecule has 5 heteroatoms. The van der Waals surface area contributed by atoms with Crippen LogP contribution >= 0.6 is 0 Å². The highest BCUT2D eigenvalue weighted by Gasteiger charge is 2.34. The maximum atomic E-state index is 13.0. The molecule has 1 saturated carbocycles. The number of fused-ring (bicyclic) bond motifs is 1. The zero-order valence-corrected chi connectivity index (χ0v) is 13.7. The summed E-state index contributed by atoms with van der Waals surface area (Å²) in [6.07, 6.45) is 4.10. The van der Waals surface area contributed by atoms with E-state index in [-0.39, 0.29) is 11.9 Å². The highest BCUT2D eigenvalue weighted by Crippen LogP contribution is 2.36. The summed E-state index contributed by atoms with van der Waals surface area (Å²) in [5.41, 5.74) is 1.76. The summed E-state index contributed by atoms with van der Waals surface area (Å²) in [6, 6.07) is 8.22. The molecule has 2 aromatic rings. The lowest BCUT2D eigenvalue weighted by atomic mass is 9.74. The lowest BCUT2D eigenvalue weighted by Crippen LogP contribution is -2.43. The van der Waals surface area contributed by atoms with Crippen molar-refractivity contribution < 1.29 is 14.0 Å². The Bertz CT molecular complexity index is 685. The number of aromatic nitrogens is 1. The molecule has 0 amide bonds. The lowest BCUT2D eigenvalue weighted by molar-refractivity contribution is 0.0176. The number of halogens is 1. The van der Waals surface area contributed by atoms with Gasteiger partial charge in [-0.25, -0.2) is 4.39 Å². The third kappa shape index (κ3) is 3.37. The van der Waals surface area contributed by atoms with Gasteiger partial charge in [-0.15, -0.1) is 0 Å². The number of hydrogen-bond acceptors (Lipinski definition) is 4. The Morgan fingerprint density at radius 3 is 2.83 bits per heavy atom. The number of aliphatic hydroxyl groups excluding tert-OH is 1. The molecular weight excluding hydrogens is 307 g/mol. The first-order valence-electron chi connectivity index (χ1n) is 8.79. The van der Waals surface area contributed by atoms with E-state index in [9.17, 15) is 9.50 Å². The van der Waals surface area contributed by atoms with Crippen LogP contribution in [0.4, 0.5) is 4.39 Å². The van der Waals surface area contributed by atoms with E-state index >= 15 is 0 Å². The molecule has 1 N–H and O–H groups in total. The van der Waals surface area contributed by atoms with E-state index in [0.29, 0.717) is 17.6 Å². The molecule has 1 saturated heterocycles. The number of aliphatic hydroxyl groups is 1. The SMILES string of the molecule is OC1CCC2CN(Cc3cc(-c4ccc(F)cc4)on3)CCC2C1. The molecular formula is C19H23FN2O2. The van der Waals surface area contributed by atoms with Gasteiger partial charge in [0, 0.05) is 24.7 Å². The van der Waals surface area contributed by atoms with Crippen molar-refractivity contribution in [2.75, 3.05) is 13.1 Å². The van der Waals surface area contributed by atoms with E-state index < -0.39 is 0 Å². The van der Waals surface area contributed by atoms with Gasteiger partial charge in [0.1, 0.15) is 5.82 Å². The summed E-state index contributed by atoms with van der Waals surface area (Å²) in [6.45, 7) is 2.92. The zero-order valence-electron chi connectivity index (χ0n) is 13.7. The second kappa shape index (κ2) is 6.65. The van der Waals surface area contributed by atoms with Crippen molar-refractivity contribution >= 4 is 0 Å². The summed E-state index contributed by atoms with van der Waals surface area (Å²) < 4.78 is 18.4. The molecule has 2 fully saturated rings. The van der Waals surface area contributed by atoms with Gasteiger partial charge in [0.25, 0.3) is 0 Å². The van der Waals surface area contributed by atoms with E-state index in [0.717, 1.165) is 56.6 Å². The highest BCUT2D eigenvalue weighted by molar-refractivity contribution is 5.57. The minimum Gasteiger partial charge on any atom is -0.393 e. The second-order valence-corrected chi connectivity index (χ2v) is 7.20. The largest absolute Gasteiger partial charge is 0.393 e. The van der Waals surface area contributed by atoms with Crippen LogP contribution in [0.15, 0.2) is 34.9 Å². The molecule has 24 heavy (non-hydrogen) atoms. The van der Waals surface area contributed by atoms with Crippen LogP contribution < -0.4 is 0 Å². The zero-order chi connectivity index (χ0) is 16.5. The van der Waals surface area contributed by atoms with E-state index in [4.69, 9.17) is 4.52 Å². The van der Waals surface area contributed by atoms with Crippen LogP contribution in [0.25, 0.3) is 11.3 Å². The van der Waals surface area contributed by atoms with Gasteiger partial charge in [0.15, 0.2) is 5.76 Å². The Morgan fingerprint density at radius 2 is 2.00 bits per heavy atom. The molecule has 0 radical (unpaired) electrons. The molecule has 128 valence electrons. The van der Waals surface area contributed by atoms with Crippen molar-refractivity contribution in [2.45, 2.75) is 38.3 Å². The van der Waals surface area contributed by atoms with Gasteiger partial charge >= 0.3 is 0 Å². The molecule has 1 aliphatic heterocycles. The standard InChI is InChI=1S/C19H23FN2O2/c20-16-4-1-13(2-5-16)19-10-17(21-24-19)12-22-8-7-14-9-18(23)6-3-15(14)11-22/h1-2,4-5,10,14-15,18,23H,3,6-9,11-12H2. The molecule has 4 nitrogen and oxygen atoms in total. The Kier molecular flexibility index (Phi) is 4.37. The van der Waals surface area contributed by atoms with Gasteiger partial charge < -0.3 is 9.63 Å². The number of likely N-dealkylation sites (tertiary alicyclic amines) is 1. The van der Waals surface area contributed by atoms with Crippen LogP contribution in [0.5, 0.6) is 0 Å². The molecule has 1 aromatic carbocycles. The first-order valence-corrected chi connectivity index (χ1v) is 8.79. The average Bonchev–Trinajstić information content (AvgIpc) is 3.04. The summed E-state index contributed by atoms with van der Waals surface area (Å²) in [4.78, 5) is 2.44. The fourth-order valence-corrected chi connectivity index (χ4v) is 4.18. The van der Waals surface area contributed by atoms with Crippen LogP contribution in [0, 0.1) is 17.7 Å². The summed E-state index contributed by atoms with van der Waals surface area (Å²) in [5.74, 6) is 1.81. The first kappa shape index (κ1) is 15.8. The Morgan fingerprint density at radius 1 is 1.17 bits per heavy atom. The number of benzene rings is 1. The summed E-state index contributed by atoms with van der Waals surface area (Å²) >= 11 is 0. The Hall–Kier alpha value is -1.72. The number of rotatable bonds is 3. The van der Waals surface area contributed by atoms with Crippen molar-refractivity contribution in [1.29, 1.82) is 0 Å². The second-order valence-electron chi connectivity index (χ2n) is 7.20. The van der Waals surface area contributed by atoms with Crippen molar-refractivity contribution in [3.63, 3.8) is 0 Å². The Labute approximate surface area is 141 Å². The number of nitrogens with zero attached hydrogens (tertiary/aromatic N) is 2. The predicted octanol–water partition coefficient (Wildman–Crippen LogP) is 3.46. The van der Waals surface area contributed by atoms with Crippen LogP contribution in [0.1, 0.15) is 31.4 Å². The predicted molar refractivity (Wildman–Crippen MR) is 88.6 cm³/mol. The topological polar surface area (TPSA) is 49.5 Å². The lowest BCUT2D eigenvalue weighted by Gasteiger charge is -2.42. The first-order chi connectivity index (χ1) is 11.7. The van der Waals surface area contributed by atoms with Crippen molar-refractivity contribution in [1.82, 2.24) is 10.1 Å². The molecule has 0 spiro atoms. The molecule has 1 aromatic heterocycles. The third-order valence-electron chi connectivity index (χ3n) is 5.49. The monoisotopic (exact) mass is 330 g/mol. The van der Waals surface area contributed by atoms with Crippen LogP contribution in [0.2, 0.25) is 0 Å². The minimum atomic E-state index is -0.251. The average molecular weight is 330 g/mol. The van der Waals surface area contributed by atoms with Crippen LogP contribution in [-0.2, 0) is 6.54 Å². The van der Waals surface area contributed by atoms with Gasteiger partial charge in [0.05, 0.1) is 11.8 Å². The summed E-state index contributed by atoms with van der Waals surface area (Å²) in [5, 5.41) is 14.0. The van der Waals surface area contributed by atoms with E-state index in [1.54, 1.807) is 12.1 Å². The van der Waals surface area contributed by atoms with Gasteiger partial charge in [0.2, 0.25) is 0 Å². The third-order valence-corrected chi connectivity index (χ3v) is 5.49. The normalized spacial score (nSPS) is 27.8. The molecule has 2 aliphatic rings.